The number of nitrogens with zero attached hydrogens (tertiary/aromatic N) is 2. The molecule has 0 saturated carbocycles. The fourth-order valence-electron chi connectivity index (χ4n) is 2.37. The van der Waals surface area contributed by atoms with E-state index in [1.807, 2.05) is 62.4 Å². The number of hydrogen-bond acceptors (Lipinski definition) is 4. The zero-order valence-electron chi connectivity index (χ0n) is 15.3. The number of amides is 1. The molecule has 0 radical (unpaired) electrons. The summed E-state index contributed by atoms with van der Waals surface area (Å²) in [5.74, 6) is 0.469. The van der Waals surface area contributed by atoms with E-state index in [4.69, 9.17) is 4.74 Å². The molecular weight excluding hydrogens is 338 g/mol. The maximum absolute atomic E-state index is 12.1. The van der Waals surface area contributed by atoms with E-state index in [9.17, 15) is 4.79 Å². The third-order valence-corrected chi connectivity index (χ3v) is 4.04. The molecule has 1 N–H and O–H groups in total. The molecule has 0 heterocycles. The highest BCUT2D eigenvalue weighted by Gasteiger charge is 2.05. The van der Waals surface area contributed by atoms with E-state index in [2.05, 4.69) is 15.5 Å². The van der Waals surface area contributed by atoms with Crippen LogP contribution < -0.4 is 10.1 Å². The second kappa shape index (κ2) is 8.76. The van der Waals surface area contributed by atoms with Gasteiger partial charge in [0.1, 0.15) is 5.75 Å². The Kier molecular flexibility index (Phi) is 5.94. The number of carbonyl (C=O) groups is 1. The minimum absolute atomic E-state index is 0.0437. The number of aryl methyl sites for hydroxylation is 2. The summed E-state index contributed by atoms with van der Waals surface area (Å²) in [6.07, 6.45) is 0. The molecule has 3 aromatic carbocycles. The monoisotopic (exact) mass is 359 g/mol. The number of hydrogen-bond donors (Lipinski definition) is 1. The van der Waals surface area contributed by atoms with Crippen LogP contribution in [0.3, 0.4) is 0 Å². The van der Waals surface area contributed by atoms with E-state index >= 15 is 0 Å². The van der Waals surface area contributed by atoms with Crippen LogP contribution in [0.15, 0.2) is 83.0 Å². The molecule has 0 aliphatic heterocycles. The first-order valence-corrected chi connectivity index (χ1v) is 8.67. The topological polar surface area (TPSA) is 63.0 Å². The van der Waals surface area contributed by atoms with Gasteiger partial charge in [0.15, 0.2) is 6.61 Å². The molecule has 0 bridgehead atoms. The highest BCUT2D eigenvalue weighted by atomic mass is 16.5. The van der Waals surface area contributed by atoms with Crippen LogP contribution in [0.2, 0.25) is 0 Å². The fourth-order valence-corrected chi connectivity index (χ4v) is 2.37. The fraction of sp³-hybridized carbons (Fsp3) is 0.136. The van der Waals surface area contributed by atoms with E-state index in [0.29, 0.717) is 17.1 Å². The predicted octanol–water partition coefficient (Wildman–Crippen LogP) is 5.74. The molecule has 0 aliphatic rings. The third kappa shape index (κ3) is 5.51. The number of carbonyl (C=O) groups excluding carboxylic acids is 1. The van der Waals surface area contributed by atoms with Crippen molar-refractivity contribution in [2.45, 2.75) is 13.8 Å². The molecule has 1 amide bonds. The van der Waals surface area contributed by atoms with Gasteiger partial charge in [-0.3, -0.25) is 4.79 Å². The standard InChI is InChI=1S/C22H21N3O2/c1-16-8-13-21(14-17(16)2)27-15-22(26)23-18-9-11-20(12-10-18)25-24-19-6-4-3-5-7-19/h3-14H,15H2,1-2H3,(H,23,26). The van der Waals surface area contributed by atoms with E-state index in [1.165, 1.54) is 5.56 Å². The van der Waals surface area contributed by atoms with Crippen molar-refractivity contribution in [1.29, 1.82) is 0 Å². The minimum Gasteiger partial charge on any atom is -0.484 e. The zero-order valence-corrected chi connectivity index (χ0v) is 15.3. The number of anilines is 1. The largest absolute Gasteiger partial charge is 0.484 e. The number of nitrogens with one attached hydrogen (secondary N) is 1. The molecule has 5 nitrogen and oxygen atoms in total. The van der Waals surface area contributed by atoms with Gasteiger partial charge in [0.2, 0.25) is 0 Å². The Morgan fingerprint density at radius 1 is 0.852 bits per heavy atom. The number of ether oxygens (including phenoxy) is 1. The molecule has 0 spiro atoms. The van der Waals surface area contributed by atoms with Crippen LogP contribution in [0.4, 0.5) is 17.1 Å². The van der Waals surface area contributed by atoms with Crippen molar-refractivity contribution in [2.75, 3.05) is 11.9 Å². The summed E-state index contributed by atoms with van der Waals surface area (Å²) < 4.78 is 5.54. The van der Waals surface area contributed by atoms with Crippen molar-refractivity contribution in [1.82, 2.24) is 0 Å². The van der Waals surface area contributed by atoms with Crippen LogP contribution in [0.25, 0.3) is 0 Å². The molecule has 3 rings (SSSR count). The van der Waals surface area contributed by atoms with Crippen LogP contribution in [-0.4, -0.2) is 12.5 Å². The molecular formula is C22H21N3O2. The van der Waals surface area contributed by atoms with Crippen LogP contribution in [0.1, 0.15) is 11.1 Å². The van der Waals surface area contributed by atoms with Crippen LogP contribution >= 0.6 is 0 Å². The molecule has 0 aliphatic carbocycles. The number of azo groups is 1. The van der Waals surface area contributed by atoms with Gasteiger partial charge >= 0.3 is 0 Å². The van der Waals surface area contributed by atoms with Crippen molar-refractivity contribution in [3.63, 3.8) is 0 Å². The zero-order chi connectivity index (χ0) is 19.1. The molecule has 0 atom stereocenters. The Bertz CT molecular complexity index is 936. The second-order valence-corrected chi connectivity index (χ2v) is 6.17. The highest BCUT2D eigenvalue weighted by molar-refractivity contribution is 5.92. The Morgan fingerprint density at radius 2 is 1.52 bits per heavy atom. The van der Waals surface area contributed by atoms with Crippen LogP contribution in [-0.2, 0) is 4.79 Å². The predicted molar refractivity (Wildman–Crippen MR) is 107 cm³/mol. The average Bonchev–Trinajstić information content (AvgIpc) is 2.69. The quantitative estimate of drug-likeness (QED) is 0.571. The Hall–Kier alpha value is -3.47. The lowest BCUT2D eigenvalue weighted by atomic mass is 10.1. The van der Waals surface area contributed by atoms with Gasteiger partial charge in [-0.25, -0.2) is 0 Å². The first-order chi connectivity index (χ1) is 13.1. The first-order valence-electron chi connectivity index (χ1n) is 8.67. The number of rotatable bonds is 6. The maximum atomic E-state index is 12.1. The lowest BCUT2D eigenvalue weighted by Gasteiger charge is -2.09. The molecule has 0 aromatic heterocycles. The van der Waals surface area contributed by atoms with Crippen molar-refractivity contribution >= 4 is 23.0 Å². The van der Waals surface area contributed by atoms with Gasteiger partial charge in [0.25, 0.3) is 5.91 Å². The smallest absolute Gasteiger partial charge is 0.262 e. The molecule has 136 valence electrons. The minimum atomic E-state index is -0.216. The maximum Gasteiger partial charge on any atom is 0.262 e. The van der Waals surface area contributed by atoms with E-state index < -0.39 is 0 Å². The van der Waals surface area contributed by atoms with Crippen molar-refractivity contribution in [3.8, 4) is 5.75 Å². The van der Waals surface area contributed by atoms with Gasteiger partial charge in [-0.1, -0.05) is 24.3 Å². The lowest BCUT2D eigenvalue weighted by molar-refractivity contribution is -0.118. The van der Waals surface area contributed by atoms with E-state index in [1.54, 1.807) is 24.3 Å². The van der Waals surface area contributed by atoms with Crippen molar-refractivity contribution in [3.05, 3.63) is 83.9 Å². The van der Waals surface area contributed by atoms with Gasteiger partial charge in [-0.15, -0.1) is 0 Å². The van der Waals surface area contributed by atoms with Gasteiger partial charge in [0, 0.05) is 5.69 Å². The van der Waals surface area contributed by atoms with Crippen molar-refractivity contribution in [2.24, 2.45) is 10.2 Å². The Labute approximate surface area is 158 Å². The summed E-state index contributed by atoms with van der Waals surface area (Å²) >= 11 is 0. The summed E-state index contributed by atoms with van der Waals surface area (Å²) in [4.78, 5) is 12.1. The summed E-state index contributed by atoms with van der Waals surface area (Å²) in [7, 11) is 0. The number of benzene rings is 3. The third-order valence-electron chi connectivity index (χ3n) is 4.04. The average molecular weight is 359 g/mol. The second-order valence-electron chi connectivity index (χ2n) is 6.17. The van der Waals surface area contributed by atoms with Crippen LogP contribution in [0.5, 0.6) is 5.75 Å². The van der Waals surface area contributed by atoms with Gasteiger partial charge in [-0.05, 0) is 73.5 Å². The molecule has 27 heavy (non-hydrogen) atoms. The molecule has 0 unspecified atom stereocenters. The molecule has 3 aromatic rings. The molecule has 0 saturated heterocycles. The summed E-state index contributed by atoms with van der Waals surface area (Å²) in [5.41, 5.74) is 4.51. The SMILES string of the molecule is Cc1ccc(OCC(=O)Nc2ccc(N=Nc3ccccc3)cc2)cc1C. The van der Waals surface area contributed by atoms with Gasteiger partial charge < -0.3 is 10.1 Å². The van der Waals surface area contributed by atoms with Crippen LogP contribution in [0, 0.1) is 13.8 Å². The lowest BCUT2D eigenvalue weighted by Crippen LogP contribution is -2.20. The summed E-state index contributed by atoms with van der Waals surface area (Å²) in [6.45, 7) is 4.01. The highest BCUT2D eigenvalue weighted by Crippen LogP contribution is 2.20. The van der Waals surface area contributed by atoms with E-state index in [-0.39, 0.29) is 12.5 Å². The normalized spacial score (nSPS) is 10.7. The van der Waals surface area contributed by atoms with Crippen molar-refractivity contribution < 1.29 is 9.53 Å². The molecule has 0 fully saturated rings. The van der Waals surface area contributed by atoms with Gasteiger partial charge in [0.05, 0.1) is 11.4 Å². The Balaban J connectivity index is 1.52. The first kappa shape index (κ1) is 18.3. The summed E-state index contributed by atoms with van der Waals surface area (Å²) in [6, 6.07) is 22.4. The summed E-state index contributed by atoms with van der Waals surface area (Å²) in [5, 5.41) is 11.1. The Morgan fingerprint density at radius 3 is 2.19 bits per heavy atom. The van der Waals surface area contributed by atoms with E-state index in [0.717, 1.165) is 11.3 Å². The molecule has 5 heteroatoms. The van der Waals surface area contributed by atoms with Gasteiger partial charge in [-0.2, -0.15) is 10.2 Å².